The largest absolute Gasteiger partial charge is 0.496 e. The second-order valence-electron chi connectivity index (χ2n) is 6.17. The van der Waals surface area contributed by atoms with Crippen molar-refractivity contribution >= 4 is 5.97 Å². The van der Waals surface area contributed by atoms with Crippen LogP contribution >= 0.6 is 0 Å². The number of hydrogen-bond acceptors (Lipinski definition) is 3. The summed E-state index contributed by atoms with van der Waals surface area (Å²) in [5.41, 5.74) is 2.31. The maximum absolute atomic E-state index is 11.4. The van der Waals surface area contributed by atoms with Crippen molar-refractivity contribution in [2.75, 3.05) is 7.11 Å². The van der Waals surface area contributed by atoms with Crippen LogP contribution < -0.4 is 9.47 Å². The lowest BCUT2D eigenvalue weighted by Gasteiger charge is -2.15. The molecule has 2 aromatic carbocycles. The molecular formula is C21H26O4. The Morgan fingerprint density at radius 3 is 2.44 bits per heavy atom. The summed E-state index contributed by atoms with van der Waals surface area (Å²) in [6.07, 6.45) is 3.42. The molecule has 0 saturated carbocycles. The Balaban J connectivity index is 1.76. The van der Waals surface area contributed by atoms with Gasteiger partial charge < -0.3 is 14.6 Å². The summed E-state index contributed by atoms with van der Waals surface area (Å²) >= 11 is 0. The van der Waals surface area contributed by atoms with Crippen LogP contribution in [-0.2, 0) is 11.2 Å². The summed E-state index contributed by atoms with van der Waals surface area (Å²) in [5.74, 6) is 0.603. The highest BCUT2D eigenvalue weighted by atomic mass is 16.5. The maximum atomic E-state index is 11.4. The van der Waals surface area contributed by atoms with Crippen molar-refractivity contribution in [3.63, 3.8) is 0 Å². The van der Waals surface area contributed by atoms with E-state index in [9.17, 15) is 9.90 Å². The minimum absolute atomic E-state index is 0.509. The molecule has 2 aromatic rings. The predicted molar refractivity (Wildman–Crippen MR) is 98.4 cm³/mol. The fourth-order valence-corrected chi connectivity index (χ4v) is 2.75. The van der Waals surface area contributed by atoms with Crippen molar-refractivity contribution in [3.05, 3.63) is 59.7 Å². The van der Waals surface area contributed by atoms with E-state index < -0.39 is 12.1 Å². The first kappa shape index (κ1) is 18.8. The van der Waals surface area contributed by atoms with Crippen LogP contribution in [0.25, 0.3) is 0 Å². The van der Waals surface area contributed by atoms with Gasteiger partial charge in [-0.1, -0.05) is 42.3 Å². The van der Waals surface area contributed by atoms with Crippen molar-refractivity contribution in [3.8, 4) is 11.5 Å². The fourth-order valence-electron chi connectivity index (χ4n) is 2.75. The molecule has 25 heavy (non-hydrogen) atoms. The summed E-state index contributed by atoms with van der Waals surface area (Å²) in [6, 6.07) is 15.5. The zero-order valence-corrected chi connectivity index (χ0v) is 14.9. The Morgan fingerprint density at radius 2 is 1.76 bits per heavy atom. The van der Waals surface area contributed by atoms with E-state index in [0.717, 1.165) is 37.0 Å². The van der Waals surface area contributed by atoms with E-state index in [1.807, 2.05) is 49.4 Å². The molecule has 0 aliphatic rings. The predicted octanol–water partition coefficient (Wildman–Crippen LogP) is 4.64. The summed E-state index contributed by atoms with van der Waals surface area (Å²) in [5, 5.41) is 9.35. The molecule has 0 bridgehead atoms. The van der Waals surface area contributed by atoms with Crippen LogP contribution in [0.1, 0.15) is 36.8 Å². The van der Waals surface area contributed by atoms with Crippen LogP contribution in [0.2, 0.25) is 0 Å². The molecular weight excluding hydrogens is 316 g/mol. The monoisotopic (exact) mass is 342 g/mol. The summed E-state index contributed by atoms with van der Waals surface area (Å²) in [6.45, 7) is 1.99. The quantitative estimate of drug-likeness (QED) is 0.639. The van der Waals surface area contributed by atoms with Gasteiger partial charge in [-0.05, 0) is 56.4 Å². The number of hydrogen-bond donors (Lipinski definition) is 1. The average molecular weight is 342 g/mol. The lowest BCUT2D eigenvalue weighted by Crippen LogP contribution is -2.26. The molecule has 0 spiro atoms. The summed E-state index contributed by atoms with van der Waals surface area (Å²) in [7, 11) is 1.68. The van der Waals surface area contributed by atoms with E-state index in [2.05, 4.69) is 6.07 Å². The molecule has 4 heteroatoms. The molecule has 1 atom stereocenters. The molecule has 0 fully saturated rings. The Hall–Kier alpha value is -2.49. The molecule has 2 rings (SSSR count). The highest BCUT2D eigenvalue weighted by molar-refractivity contribution is 5.72. The minimum atomic E-state index is -0.912. The summed E-state index contributed by atoms with van der Waals surface area (Å²) < 4.78 is 11.0. The Morgan fingerprint density at radius 1 is 1.04 bits per heavy atom. The van der Waals surface area contributed by atoms with Crippen molar-refractivity contribution in [2.24, 2.45) is 0 Å². The topological polar surface area (TPSA) is 55.8 Å². The SMILES string of the molecule is COc1ccccc1CCCCCC(Oc1ccc(C)cc1)C(=O)O. The molecule has 1 unspecified atom stereocenters. The summed E-state index contributed by atoms with van der Waals surface area (Å²) in [4.78, 5) is 11.4. The second-order valence-corrected chi connectivity index (χ2v) is 6.17. The van der Waals surface area contributed by atoms with E-state index >= 15 is 0 Å². The minimum Gasteiger partial charge on any atom is -0.496 e. The standard InChI is InChI=1S/C21H26O4/c1-16-12-14-18(15-13-16)25-20(21(22)23)11-5-3-4-8-17-9-6-7-10-19(17)24-2/h6-7,9-10,12-15,20H,3-5,8,11H2,1-2H3,(H,22,23). The van der Waals surface area contributed by atoms with Gasteiger partial charge in [-0.25, -0.2) is 4.79 Å². The number of aliphatic carboxylic acids is 1. The van der Waals surface area contributed by atoms with Crippen molar-refractivity contribution < 1.29 is 19.4 Å². The van der Waals surface area contributed by atoms with Crippen molar-refractivity contribution in [1.29, 1.82) is 0 Å². The molecule has 134 valence electrons. The molecule has 1 N–H and O–H groups in total. The van der Waals surface area contributed by atoms with E-state index in [1.54, 1.807) is 7.11 Å². The van der Waals surface area contributed by atoms with Gasteiger partial charge in [-0.2, -0.15) is 0 Å². The molecule has 0 aliphatic carbocycles. The second kappa shape index (κ2) is 9.72. The fraction of sp³-hybridized carbons (Fsp3) is 0.381. The normalized spacial score (nSPS) is 11.8. The average Bonchev–Trinajstić information content (AvgIpc) is 2.62. The third-order valence-corrected chi connectivity index (χ3v) is 4.18. The first-order valence-electron chi connectivity index (χ1n) is 8.68. The van der Waals surface area contributed by atoms with Gasteiger partial charge in [0.05, 0.1) is 7.11 Å². The first-order valence-corrected chi connectivity index (χ1v) is 8.68. The van der Waals surface area contributed by atoms with Crippen LogP contribution in [0.15, 0.2) is 48.5 Å². The molecule has 0 saturated heterocycles. The number of carboxylic acid groups (broad SMARTS) is 1. The van der Waals surface area contributed by atoms with Gasteiger partial charge in [-0.15, -0.1) is 0 Å². The number of ether oxygens (including phenoxy) is 2. The Bertz CT molecular complexity index is 664. The van der Waals surface area contributed by atoms with Gasteiger partial charge in [0.15, 0.2) is 6.10 Å². The number of carboxylic acids is 1. The number of rotatable bonds is 10. The van der Waals surface area contributed by atoms with Crippen molar-refractivity contribution in [2.45, 2.75) is 45.1 Å². The molecule has 0 aromatic heterocycles. The third kappa shape index (κ3) is 6.14. The van der Waals surface area contributed by atoms with E-state index in [0.29, 0.717) is 12.2 Å². The number of unbranched alkanes of at least 4 members (excludes halogenated alkanes) is 2. The zero-order valence-electron chi connectivity index (χ0n) is 14.9. The van der Waals surface area contributed by atoms with Crippen LogP contribution in [0.3, 0.4) is 0 Å². The number of methoxy groups -OCH3 is 1. The van der Waals surface area contributed by atoms with E-state index in [-0.39, 0.29) is 0 Å². The van der Waals surface area contributed by atoms with Gasteiger partial charge in [-0.3, -0.25) is 0 Å². The van der Waals surface area contributed by atoms with E-state index in [1.165, 1.54) is 5.56 Å². The number of benzene rings is 2. The van der Waals surface area contributed by atoms with Crippen LogP contribution in [0.4, 0.5) is 0 Å². The number of para-hydroxylation sites is 1. The van der Waals surface area contributed by atoms with Gasteiger partial charge in [0.2, 0.25) is 0 Å². The van der Waals surface area contributed by atoms with Crippen LogP contribution in [0.5, 0.6) is 11.5 Å². The molecule has 0 aliphatic heterocycles. The van der Waals surface area contributed by atoms with Crippen LogP contribution in [-0.4, -0.2) is 24.3 Å². The molecule has 4 nitrogen and oxygen atoms in total. The van der Waals surface area contributed by atoms with Gasteiger partial charge in [0.1, 0.15) is 11.5 Å². The Labute approximate surface area is 149 Å². The lowest BCUT2D eigenvalue weighted by molar-refractivity contribution is -0.145. The third-order valence-electron chi connectivity index (χ3n) is 4.18. The highest BCUT2D eigenvalue weighted by Gasteiger charge is 2.18. The highest BCUT2D eigenvalue weighted by Crippen LogP contribution is 2.21. The molecule has 0 amide bonds. The lowest BCUT2D eigenvalue weighted by atomic mass is 10.0. The molecule has 0 radical (unpaired) electrons. The zero-order chi connectivity index (χ0) is 18.1. The first-order chi connectivity index (χ1) is 12.1. The van der Waals surface area contributed by atoms with Crippen molar-refractivity contribution in [1.82, 2.24) is 0 Å². The Kier molecular flexibility index (Phi) is 7.33. The van der Waals surface area contributed by atoms with Gasteiger partial charge >= 0.3 is 5.97 Å². The smallest absolute Gasteiger partial charge is 0.344 e. The van der Waals surface area contributed by atoms with Gasteiger partial charge in [0.25, 0.3) is 0 Å². The maximum Gasteiger partial charge on any atom is 0.344 e. The number of carbonyl (C=O) groups is 1. The number of aryl methyl sites for hydroxylation is 2. The van der Waals surface area contributed by atoms with Crippen LogP contribution in [0, 0.1) is 6.92 Å². The molecule has 0 heterocycles. The van der Waals surface area contributed by atoms with Gasteiger partial charge in [0, 0.05) is 0 Å². The van der Waals surface area contributed by atoms with E-state index in [4.69, 9.17) is 9.47 Å².